The zero-order chi connectivity index (χ0) is 27.6. The number of amides is 1. The number of fused-ring (bicyclic) bond motifs is 1. The van der Waals surface area contributed by atoms with Crippen molar-refractivity contribution in [2.45, 2.75) is 45.3 Å². The highest BCUT2D eigenvalue weighted by Crippen LogP contribution is 2.46. The fraction of sp³-hybridized carbons (Fsp3) is 0.692. The predicted octanol–water partition coefficient (Wildman–Crippen LogP) is 3.04. The van der Waals surface area contributed by atoms with Crippen molar-refractivity contribution in [3.63, 3.8) is 0 Å². The molecule has 1 amide bonds. The third-order valence-electron chi connectivity index (χ3n) is 7.01. The summed E-state index contributed by atoms with van der Waals surface area (Å²) in [4.78, 5) is 29.8. The molecule has 1 aliphatic carbocycles. The van der Waals surface area contributed by atoms with Gasteiger partial charge in [0.25, 0.3) is 0 Å². The molecule has 39 heavy (non-hydrogen) atoms. The van der Waals surface area contributed by atoms with Gasteiger partial charge in [-0.15, -0.1) is 0 Å². The second kappa shape index (κ2) is 11.5. The number of aromatic nitrogens is 3. The Balaban J connectivity index is 1.37. The molecule has 3 fully saturated rings. The number of carbonyl (C=O) groups is 1. The highest BCUT2D eigenvalue weighted by atomic mass is 35.5. The number of alkyl carbamates (subject to hydrolysis) is 1. The van der Waals surface area contributed by atoms with E-state index in [0.717, 1.165) is 45.7 Å². The summed E-state index contributed by atoms with van der Waals surface area (Å²) in [5, 5.41) is 2.99. The summed E-state index contributed by atoms with van der Waals surface area (Å²) < 4.78 is 37.9. The third kappa shape index (κ3) is 7.16. The summed E-state index contributed by atoms with van der Waals surface area (Å²) >= 11 is 6.01. The minimum absolute atomic E-state index is 0.0309. The van der Waals surface area contributed by atoms with Gasteiger partial charge in [0, 0.05) is 44.3 Å². The Bertz CT molecular complexity index is 1190. The van der Waals surface area contributed by atoms with Gasteiger partial charge in [-0.3, -0.25) is 4.90 Å². The van der Waals surface area contributed by atoms with Gasteiger partial charge in [0.1, 0.15) is 16.9 Å². The van der Waals surface area contributed by atoms with Crippen LogP contribution in [-0.2, 0) is 14.2 Å². The Labute approximate surface area is 232 Å². The summed E-state index contributed by atoms with van der Waals surface area (Å²) in [6.45, 7) is 11.6. The third-order valence-corrected chi connectivity index (χ3v) is 7.28. The van der Waals surface area contributed by atoms with Crippen LogP contribution in [0.1, 0.15) is 33.6 Å². The first-order valence-corrected chi connectivity index (χ1v) is 13.8. The monoisotopic (exact) mass is 566 g/mol. The van der Waals surface area contributed by atoms with E-state index in [1.165, 1.54) is 6.20 Å². The van der Waals surface area contributed by atoms with E-state index in [9.17, 15) is 4.79 Å². The second-order valence-electron chi connectivity index (χ2n) is 11.5. The van der Waals surface area contributed by atoms with E-state index in [1.54, 1.807) is 20.8 Å². The molecule has 0 bridgehead atoms. The molecule has 4 heterocycles. The van der Waals surface area contributed by atoms with Crippen molar-refractivity contribution in [1.82, 2.24) is 25.2 Å². The number of nitrogens with zero attached hydrogens (tertiary/aromatic N) is 5. The van der Waals surface area contributed by atoms with Crippen molar-refractivity contribution in [2.24, 2.45) is 5.41 Å². The van der Waals surface area contributed by atoms with E-state index in [2.05, 4.69) is 20.2 Å². The molecular formula is C26H36ClFN6O5. The molecule has 214 valence electrons. The van der Waals surface area contributed by atoms with Gasteiger partial charge in [0.15, 0.2) is 11.0 Å². The Morgan fingerprint density at radius 2 is 1.95 bits per heavy atom. The van der Waals surface area contributed by atoms with Crippen molar-refractivity contribution in [2.75, 3.05) is 70.7 Å². The first-order valence-electron chi connectivity index (χ1n) is 13.4. The molecule has 13 heteroatoms. The normalized spacial score (nSPS) is 21.9. The molecule has 2 saturated heterocycles. The predicted molar refractivity (Wildman–Crippen MR) is 143 cm³/mol. The molecule has 1 N–H and O–H groups in total. The van der Waals surface area contributed by atoms with Crippen molar-refractivity contribution in [1.29, 1.82) is 0 Å². The fourth-order valence-electron chi connectivity index (χ4n) is 4.85. The lowest BCUT2D eigenvalue weighted by molar-refractivity contribution is 0.0231. The summed E-state index contributed by atoms with van der Waals surface area (Å²) in [6, 6.07) is -0.307. The van der Waals surface area contributed by atoms with E-state index < -0.39 is 17.5 Å². The van der Waals surface area contributed by atoms with E-state index in [0.29, 0.717) is 44.1 Å². The number of ether oxygens (including phenoxy) is 4. The molecule has 0 spiro atoms. The lowest BCUT2D eigenvalue weighted by atomic mass is 10.1. The Morgan fingerprint density at radius 3 is 2.67 bits per heavy atom. The van der Waals surface area contributed by atoms with Crippen LogP contribution < -0.4 is 15.0 Å². The minimum Gasteiger partial charge on any atom is -0.463 e. The molecule has 1 unspecified atom stereocenters. The average molecular weight is 567 g/mol. The van der Waals surface area contributed by atoms with Crippen molar-refractivity contribution < 1.29 is 28.1 Å². The zero-order valence-electron chi connectivity index (χ0n) is 22.7. The maximum absolute atomic E-state index is 15.1. The van der Waals surface area contributed by atoms with Gasteiger partial charge < -0.3 is 29.2 Å². The molecule has 2 aromatic rings. The smallest absolute Gasteiger partial charge is 0.408 e. The Morgan fingerprint density at radius 1 is 1.21 bits per heavy atom. The molecule has 1 saturated carbocycles. The number of rotatable bonds is 7. The van der Waals surface area contributed by atoms with E-state index >= 15 is 4.39 Å². The van der Waals surface area contributed by atoms with E-state index in [-0.39, 0.29) is 28.1 Å². The maximum atomic E-state index is 15.1. The number of pyridine rings is 1. The average Bonchev–Trinajstić information content (AvgIpc) is 3.68. The summed E-state index contributed by atoms with van der Waals surface area (Å²) in [5.41, 5.74) is -0.564. The number of carbonyl (C=O) groups excluding carboxylic acids is 1. The fourth-order valence-corrected chi connectivity index (χ4v) is 4.98. The number of anilines is 1. The van der Waals surface area contributed by atoms with Gasteiger partial charge in [-0.1, -0.05) is 11.6 Å². The zero-order valence-corrected chi connectivity index (χ0v) is 23.4. The van der Waals surface area contributed by atoms with Gasteiger partial charge in [0.05, 0.1) is 44.5 Å². The molecule has 2 aliphatic heterocycles. The SMILES string of the molecule is CC(C)(C)OC(=O)NC1COCCN(c2nc(OCC3(CN4CCOCC4)CC3)nc3c(F)c(Cl)ncc23)C1. The lowest BCUT2D eigenvalue weighted by Crippen LogP contribution is -2.46. The van der Waals surface area contributed by atoms with Crippen molar-refractivity contribution in [3.05, 3.63) is 17.2 Å². The first kappa shape index (κ1) is 28.0. The van der Waals surface area contributed by atoms with E-state index in [1.807, 2.05) is 4.90 Å². The number of nitrogens with one attached hydrogen (secondary N) is 1. The Hall–Kier alpha value is -2.54. The van der Waals surface area contributed by atoms with Crippen LogP contribution in [0, 0.1) is 11.2 Å². The highest BCUT2D eigenvalue weighted by Gasteiger charge is 2.45. The molecule has 11 nitrogen and oxygen atoms in total. The van der Waals surface area contributed by atoms with Gasteiger partial charge in [-0.05, 0) is 33.6 Å². The number of hydrogen-bond donors (Lipinski definition) is 1. The molecule has 2 aromatic heterocycles. The van der Waals surface area contributed by atoms with Crippen LogP contribution in [-0.4, -0.2) is 103 Å². The van der Waals surface area contributed by atoms with Gasteiger partial charge in [0.2, 0.25) is 0 Å². The van der Waals surface area contributed by atoms with Crippen LogP contribution >= 0.6 is 11.6 Å². The molecule has 3 aliphatic rings. The summed E-state index contributed by atoms with van der Waals surface area (Å²) in [6.07, 6.45) is 3.03. The maximum Gasteiger partial charge on any atom is 0.408 e. The minimum atomic E-state index is -0.730. The van der Waals surface area contributed by atoms with Gasteiger partial charge in [-0.2, -0.15) is 9.97 Å². The second-order valence-corrected chi connectivity index (χ2v) is 11.9. The number of hydrogen-bond acceptors (Lipinski definition) is 10. The molecule has 0 aromatic carbocycles. The highest BCUT2D eigenvalue weighted by molar-refractivity contribution is 6.30. The van der Waals surface area contributed by atoms with E-state index in [4.69, 9.17) is 35.5 Å². The molecular weight excluding hydrogens is 531 g/mol. The van der Waals surface area contributed by atoms with Crippen LogP contribution in [0.3, 0.4) is 0 Å². The quantitative estimate of drug-likeness (QED) is 0.502. The van der Waals surface area contributed by atoms with Crippen LogP contribution in [0.4, 0.5) is 15.0 Å². The van der Waals surface area contributed by atoms with Gasteiger partial charge >= 0.3 is 12.1 Å². The van der Waals surface area contributed by atoms with Crippen LogP contribution in [0.25, 0.3) is 10.9 Å². The van der Waals surface area contributed by atoms with Crippen LogP contribution in [0.15, 0.2) is 6.20 Å². The molecule has 5 rings (SSSR count). The summed E-state index contributed by atoms with van der Waals surface area (Å²) in [5.74, 6) is -0.288. The van der Waals surface area contributed by atoms with Crippen LogP contribution in [0.5, 0.6) is 6.01 Å². The largest absolute Gasteiger partial charge is 0.463 e. The van der Waals surface area contributed by atoms with Crippen LogP contribution in [0.2, 0.25) is 5.15 Å². The standard InChI is InChI=1S/C26H36ClFN6O5/c1-25(2,3)39-24(35)30-17-13-34(8-11-37-14-17)22-18-12-29-21(27)19(28)20(18)31-23(32-22)38-16-26(4-5-26)15-33-6-9-36-10-7-33/h12,17H,4-11,13-16H2,1-3H3,(H,30,35). The number of morpholine rings is 1. The lowest BCUT2D eigenvalue weighted by Gasteiger charge is -2.30. The Kier molecular flexibility index (Phi) is 8.27. The molecule has 1 atom stereocenters. The molecule has 0 radical (unpaired) electrons. The topological polar surface area (TPSA) is 111 Å². The number of halogens is 2. The first-order chi connectivity index (χ1) is 18.6. The van der Waals surface area contributed by atoms with Gasteiger partial charge in [-0.25, -0.2) is 14.2 Å². The van der Waals surface area contributed by atoms with Crippen molar-refractivity contribution >= 4 is 34.4 Å². The van der Waals surface area contributed by atoms with Crippen molar-refractivity contribution in [3.8, 4) is 6.01 Å². The summed E-state index contributed by atoms with van der Waals surface area (Å²) in [7, 11) is 0.